The summed E-state index contributed by atoms with van der Waals surface area (Å²) in [7, 11) is -3.93. The second-order valence-electron chi connectivity index (χ2n) is 6.40. The van der Waals surface area contributed by atoms with Crippen LogP contribution in [-0.2, 0) is 16.4 Å². The number of nitrogens with one attached hydrogen (secondary N) is 1. The number of hydrogen-bond acceptors (Lipinski definition) is 5. The van der Waals surface area contributed by atoms with Gasteiger partial charge in [-0.15, -0.1) is 0 Å². The number of aromatic nitrogens is 2. The first kappa shape index (κ1) is 18.9. The average Bonchev–Trinajstić information content (AvgIpc) is 2.75. The van der Waals surface area contributed by atoms with Crippen LogP contribution in [-0.4, -0.2) is 18.4 Å². The van der Waals surface area contributed by atoms with Crippen LogP contribution < -0.4 is 5.32 Å². The number of sulfonamides is 1. The van der Waals surface area contributed by atoms with Crippen LogP contribution in [0, 0.1) is 0 Å². The second kappa shape index (κ2) is 7.89. The van der Waals surface area contributed by atoms with Crippen LogP contribution in [0.3, 0.4) is 0 Å². The topological polar surface area (TPSA) is 86.1 Å². The molecule has 0 bridgehead atoms. The number of rotatable bonds is 6. The standard InChI is InChI=1S/C22H19N4O2S/c1-2-16-10-6-7-13-18(16)23-21-22(25-20-15-9-8-14-19(20)24-21)26-29(27,28)17-11-4-3-5-12-17/h3-15H,2H2,1H3,(H-,23,24,25,26)/q-1. The summed E-state index contributed by atoms with van der Waals surface area (Å²) in [4.78, 5) is 9.16. The van der Waals surface area contributed by atoms with Gasteiger partial charge in [-0.2, -0.15) is 0 Å². The van der Waals surface area contributed by atoms with Gasteiger partial charge in [0.15, 0.2) is 0 Å². The zero-order valence-corrected chi connectivity index (χ0v) is 16.6. The van der Waals surface area contributed by atoms with Gasteiger partial charge in [0.1, 0.15) is 5.82 Å². The van der Waals surface area contributed by atoms with Gasteiger partial charge in [0.25, 0.3) is 0 Å². The van der Waals surface area contributed by atoms with Crippen LogP contribution in [0.4, 0.5) is 17.3 Å². The van der Waals surface area contributed by atoms with E-state index in [1.807, 2.05) is 42.5 Å². The predicted molar refractivity (Wildman–Crippen MR) is 115 cm³/mol. The van der Waals surface area contributed by atoms with Crippen molar-refractivity contribution < 1.29 is 8.42 Å². The molecule has 146 valence electrons. The van der Waals surface area contributed by atoms with Crippen LogP contribution >= 0.6 is 0 Å². The molecule has 7 heteroatoms. The fraction of sp³-hybridized carbons (Fsp3) is 0.0909. The molecule has 0 saturated heterocycles. The van der Waals surface area contributed by atoms with E-state index in [-0.39, 0.29) is 10.7 Å². The molecular weight excluding hydrogens is 384 g/mol. The van der Waals surface area contributed by atoms with Crippen LogP contribution in [0.2, 0.25) is 0 Å². The van der Waals surface area contributed by atoms with Gasteiger partial charge in [0.05, 0.1) is 10.4 Å². The molecular formula is C22H19N4O2S-. The maximum Gasteiger partial charge on any atom is 0.202 e. The molecule has 1 N–H and O–H groups in total. The molecule has 0 amide bonds. The van der Waals surface area contributed by atoms with Gasteiger partial charge in [-0.1, -0.05) is 61.5 Å². The van der Waals surface area contributed by atoms with Gasteiger partial charge in [-0.3, -0.25) is 0 Å². The predicted octanol–water partition coefficient (Wildman–Crippen LogP) is 5.33. The van der Waals surface area contributed by atoms with Crippen molar-refractivity contribution in [2.45, 2.75) is 18.2 Å². The van der Waals surface area contributed by atoms with Crippen molar-refractivity contribution in [1.82, 2.24) is 9.97 Å². The Hall–Kier alpha value is -3.45. The molecule has 4 aromatic rings. The van der Waals surface area contributed by atoms with Gasteiger partial charge in [-0.05, 0) is 47.6 Å². The average molecular weight is 403 g/mol. The molecule has 6 nitrogen and oxygen atoms in total. The number of nitrogens with zero attached hydrogens (tertiary/aromatic N) is 3. The fourth-order valence-corrected chi connectivity index (χ4v) is 3.94. The van der Waals surface area contributed by atoms with E-state index in [0.29, 0.717) is 16.9 Å². The van der Waals surface area contributed by atoms with E-state index < -0.39 is 10.0 Å². The molecule has 0 unspecified atom stereocenters. The maximum absolute atomic E-state index is 12.8. The maximum atomic E-state index is 12.8. The highest BCUT2D eigenvalue weighted by atomic mass is 32.2. The highest BCUT2D eigenvalue weighted by molar-refractivity contribution is 7.94. The summed E-state index contributed by atoms with van der Waals surface area (Å²) in [6.07, 6.45) is 0.818. The number of aryl methyl sites for hydroxylation is 1. The normalized spacial score (nSPS) is 11.3. The van der Waals surface area contributed by atoms with Gasteiger partial charge >= 0.3 is 0 Å². The van der Waals surface area contributed by atoms with Crippen molar-refractivity contribution in [3.05, 3.63) is 89.1 Å². The highest BCUT2D eigenvalue weighted by Crippen LogP contribution is 2.35. The lowest BCUT2D eigenvalue weighted by molar-refractivity contribution is 0.603. The molecule has 0 aliphatic rings. The monoisotopic (exact) mass is 403 g/mol. The fourth-order valence-electron chi connectivity index (χ4n) is 2.98. The third-order valence-electron chi connectivity index (χ3n) is 4.45. The first-order valence-electron chi connectivity index (χ1n) is 9.21. The lowest BCUT2D eigenvalue weighted by Gasteiger charge is -2.22. The lowest BCUT2D eigenvalue weighted by atomic mass is 10.1. The third-order valence-corrected chi connectivity index (χ3v) is 5.73. The molecule has 0 fully saturated rings. The molecule has 0 radical (unpaired) electrons. The summed E-state index contributed by atoms with van der Waals surface area (Å²) in [6, 6.07) is 23.2. The quantitative estimate of drug-likeness (QED) is 0.470. The van der Waals surface area contributed by atoms with Crippen molar-refractivity contribution in [2.75, 3.05) is 5.32 Å². The minimum absolute atomic E-state index is 0.0264. The number of benzene rings is 3. The number of hydrogen-bond donors (Lipinski definition) is 1. The Labute approximate surface area is 169 Å². The van der Waals surface area contributed by atoms with Crippen molar-refractivity contribution in [1.29, 1.82) is 0 Å². The summed E-state index contributed by atoms with van der Waals surface area (Å²) < 4.78 is 29.6. The minimum atomic E-state index is -3.93. The zero-order valence-electron chi connectivity index (χ0n) is 15.8. The molecule has 0 atom stereocenters. The Morgan fingerprint density at radius 1 is 0.828 bits per heavy atom. The summed E-state index contributed by atoms with van der Waals surface area (Å²) in [6.45, 7) is 2.05. The van der Waals surface area contributed by atoms with Gasteiger partial charge < -0.3 is 15.0 Å². The van der Waals surface area contributed by atoms with E-state index in [9.17, 15) is 8.42 Å². The van der Waals surface area contributed by atoms with Crippen molar-refractivity contribution in [3.63, 3.8) is 0 Å². The largest absolute Gasteiger partial charge is 0.431 e. The van der Waals surface area contributed by atoms with E-state index >= 15 is 0 Å². The Bertz CT molecular complexity index is 1260. The van der Waals surface area contributed by atoms with Crippen LogP contribution in [0.15, 0.2) is 83.8 Å². The van der Waals surface area contributed by atoms with E-state index in [1.165, 1.54) is 12.1 Å². The van der Waals surface area contributed by atoms with E-state index in [0.717, 1.165) is 17.7 Å². The van der Waals surface area contributed by atoms with Gasteiger partial charge in [0, 0.05) is 5.69 Å². The summed E-state index contributed by atoms with van der Waals surface area (Å²) in [5.41, 5.74) is 3.15. The lowest BCUT2D eigenvalue weighted by Crippen LogP contribution is -2.03. The van der Waals surface area contributed by atoms with E-state index in [4.69, 9.17) is 0 Å². The second-order valence-corrected chi connectivity index (χ2v) is 8.00. The molecule has 1 aromatic heterocycles. The Morgan fingerprint density at radius 2 is 1.45 bits per heavy atom. The molecule has 0 saturated carbocycles. The smallest absolute Gasteiger partial charge is 0.202 e. The van der Waals surface area contributed by atoms with E-state index in [1.54, 1.807) is 24.3 Å². The summed E-state index contributed by atoms with van der Waals surface area (Å²) in [5, 5.41) is 3.23. The van der Waals surface area contributed by atoms with Gasteiger partial charge in [-0.25, -0.2) is 13.4 Å². The van der Waals surface area contributed by atoms with E-state index in [2.05, 4.69) is 26.9 Å². The minimum Gasteiger partial charge on any atom is -0.431 e. The number of para-hydroxylation sites is 3. The molecule has 1 heterocycles. The molecule has 0 aliphatic carbocycles. The van der Waals surface area contributed by atoms with Crippen molar-refractivity contribution in [2.24, 2.45) is 0 Å². The molecule has 4 rings (SSSR count). The first-order chi connectivity index (χ1) is 14.1. The van der Waals surface area contributed by atoms with Crippen LogP contribution in [0.25, 0.3) is 15.8 Å². The highest BCUT2D eigenvalue weighted by Gasteiger charge is 2.13. The molecule has 0 aliphatic heterocycles. The van der Waals surface area contributed by atoms with Crippen LogP contribution in [0.5, 0.6) is 0 Å². The van der Waals surface area contributed by atoms with Crippen LogP contribution in [0.1, 0.15) is 12.5 Å². The molecule has 29 heavy (non-hydrogen) atoms. The zero-order chi connectivity index (χ0) is 20.3. The molecule has 0 spiro atoms. The van der Waals surface area contributed by atoms with Gasteiger partial charge in [0.2, 0.25) is 10.0 Å². The molecule has 3 aromatic carbocycles. The third kappa shape index (κ3) is 4.05. The number of anilines is 2. The Kier molecular flexibility index (Phi) is 5.14. The Balaban J connectivity index is 1.80. The first-order valence-corrected chi connectivity index (χ1v) is 10.7. The Morgan fingerprint density at radius 3 is 2.17 bits per heavy atom. The summed E-state index contributed by atoms with van der Waals surface area (Å²) in [5.74, 6) is 0.322. The summed E-state index contributed by atoms with van der Waals surface area (Å²) >= 11 is 0. The van der Waals surface area contributed by atoms with Crippen molar-refractivity contribution >= 4 is 38.4 Å². The van der Waals surface area contributed by atoms with Crippen molar-refractivity contribution in [3.8, 4) is 0 Å². The SMILES string of the molecule is CCc1ccccc1Nc1nc2ccccc2nc1[N-]S(=O)(=O)c1ccccc1. The number of fused-ring (bicyclic) bond motifs is 1.